The van der Waals surface area contributed by atoms with Gasteiger partial charge in [0.15, 0.2) is 6.61 Å². The maximum Gasteiger partial charge on any atom is 0.338 e. The number of ether oxygens (including phenoxy) is 3. The zero-order valence-electron chi connectivity index (χ0n) is 17.1. The van der Waals surface area contributed by atoms with E-state index in [9.17, 15) is 14.4 Å². The van der Waals surface area contributed by atoms with Crippen LogP contribution in [-0.2, 0) is 9.53 Å². The van der Waals surface area contributed by atoms with E-state index in [1.807, 2.05) is 6.92 Å². The normalized spacial score (nSPS) is 10.1. The first-order valence-electron chi connectivity index (χ1n) is 9.76. The fraction of sp³-hybridized carbons (Fsp3) is 0.318. The number of para-hydroxylation sites is 1. The molecule has 8 nitrogen and oxygen atoms in total. The zero-order valence-corrected chi connectivity index (χ0v) is 17.1. The maximum atomic E-state index is 12.3. The minimum absolute atomic E-state index is 0.290. The molecule has 30 heavy (non-hydrogen) atoms. The predicted molar refractivity (Wildman–Crippen MR) is 110 cm³/mol. The van der Waals surface area contributed by atoms with Crippen LogP contribution in [0.5, 0.6) is 11.5 Å². The minimum atomic E-state index is -0.540. The molecule has 0 saturated carbocycles. The Kier molecular flexibility index (Phi) is 9.18. The molecular weight excluding hydrogens is 388 g/mol. The summed E-state index contributed by atoms with van der Waals surface area (Å²) in [5.74, 6) is -0.602. The van der Waals surface area contributed by atoms with E-state index < -0.39 is 17.8 Å². The first-order valence-corrected chi connectivity index (χ1v) is 9.76. The molecule has 2 aromatic rings. The van der Waals surface area contributed by atoms with Gasteiger partial charge in [-0.15, -0.1) is 0 Å². The highest BCUT2D eigenvalue weighted by Gasteiger charge is 2.13. The summed E-state index contributed by atoms with van der Waals surface area (Å²) in [6.07, 6.45) is 1.86. The molecule has 160 valence electrons. The Morgan fingerprint density at radius 3 is 2.33 bits per heavy atom. The van der Waals surface area contributed by atoms with E-state index in [0.717, 1.165) is 12.8 Å². The van der Waals surface area contributed by atoms with E-state index in [1.165, 1.54) is 0 Å². The average Bonchev–Trinajstić information content (AvgIpc) is 2.77. The van der Waals surface area contributed by atoms with Crippen molar-refractivity contribution in [1.82, 2.24) is 10.9 Å². The number of hydrogen-bond acceptors (Lipinski definition) is 6. The Labute approximate surface area is 175 Å². The lowest BCUT2D eigenvalue weighted by molar-refractivity contribution is -0.123. The van der Waals surface area contributed by atoms with Crippen LogP contribution >= 0.6 is 0 Å². The highest BCUT2D eigenvalue weighted by atomic mass is 16.5. The van der Waals surface area contributed by atoms with Gasteiger partial charge in [0.1, 0.15) is 11.5 Å². The van der Waals surface area contributed by atoms with E-state index in [2.05, 4.69) is 10.9 Å². The third kappa shape index (κ3) is 7.12. The van der Waals surface area contributed by atoms with Gasteiger partial charge in [0.05, 0.1) is 24.3 Å². The van der Waals surface area contributed by atoms with E-state index in [-0.39, 0.29) is 13.2 Å². The summed E-state index contributed by atoms with van der Waals surface area (Å²) in [6.45, 7) is 4.27. The number of esters is 1. The van der Waals surface area contributed by atoms with Crippen LogP contribution in [0.2, 0.25) is 0 Å². The molecule has 0 aliphatic carbocycles. The molecule has 0 aliphatic heterocycles. The molecule has 0 radical (unpaired) electrons. The van der Waals surface area contributed by atoms with Crippen LogP contribution in [0.3, 0.4) is 0 Å². The van der Waals surface area contributed by atoms with Crippen LogP contribution in [-0.4, -0.2) is 37.6 Å². The van der Waals surface area contributed by atoms with E-state index >= 15 is 0 Å². The molecular formula is C22H26N2O6. The Bertz CT molecular complexity index is 851. The number of carbonyl (C=O) groups excluding carboxylic acids is 3. The maximum absolute atomic E-state index is 12.3. The summed E-state index contributed by atoms with van der Waals surface area (Å²) in [5, 5.41) is 0. The van der Waals surface area contributed by atoms with Crippen molar-refractivity contribution in [3.8, 4) is 11.5 Å². The van der Waals surface area contributed by atoms with Gasteiger partial charge in [0.2, 0.25) is 0 Å². The first kappa shape index (κ1) is 22.7. The number of carbonyl (C=O) groups is 3. The van der Waals surface area contributed by atoms with E-state index in [1.54, 1.807) is 55.5 Å². The third-order valence-electron chi connectivity index (χ3n) is 3.94. The smallest absolute Gasteiger partial charge is 0.338 e. The van der Waals surface area contributed by atoms with Crippen LogP contribution in [0, 0.1) is 0 Å². The molecule has 2 N–H and O–H groups in total. The van der Waals surface area contributed by atoms with E-state index in [0.29, 0.717) is 29.2 Å². The Morgan fingerprint density at radius 1 is 0.900 bits per heavy atom. The lowest BCUT2D eigenvalue weighted by atomic mass is 10.2. The highest BCUT2D eigenvalue weighted by Crippen LogP contribution is 2.18. The van der Waals surface area contributed by atoms with Crippen molar-refractivity contribution in [3.63, 3.8) is 0 Å². The lowest BCUT2D eigenvalue weighted by Gasteiger charge is -2.12. The third-order valence-corrected chi connectivity index (χ3v) is 3.94. The van der Waals surface area contributed by atoms with Crippen molar-refractivity contribution < 1.29 is 28.6 Å². The van der Waals surface area contributed by atoms with Gasteiger partial charge in [-0.2, -0.15) is 0 Å². The van der Waals surface area contributed by atoms with Gasteiger partial charge in [-0.1, -0.05) is 25.5 Å². The minimum Gasteiger partial charge on any atom is -0.493 e. The fourth-order valence-electron chi connectivity index (χ4n) is 2.39. The number of rotatable bonds is 10. The summed E-state index contributed by atoms with van der Waals surface area (Å²) in [6, 6.07) is 13.0. The van der Waals surface area contributed by atoms with E-state index in [4.69, 9.17) is 14.2 Å². The van der Waals surface area contributed by atoms with Crippen molar-refractivity contribution in [3.05, 3.63) is 59.7 Å². The van der Waals surface area contributed by atoms with Crippen LogP contribution in [0.25, 0.3) is 0 Å². The van der Waals surface area contributed by atoms with Crippen molar-refractivity contribution in [1.29, 1.82) is 0 Å². The highest BCUT2D eigenvalue weighted by molar-refractivity contribution is 5.97. The van der Waals surface area contributed by atoms with Crippen molar-refractivity contribution >= 4 is 17.8 Å². The molecule has 0 saturated heterocycles. The number of nitrogens with one attached hydrogen (secondary N) is 2. The Morgan fingerprint density at radius 2 is 1.63 bits per heavy atom. The van der Waals surface area contributed by atoms with Gasteiger partial charge >= 0.3 is 5.97 Å². The monoisotopic (exact) mass is 414 g/mol. The second-order valence-electron chi connectivity index (χ2n) is 6.23. The summed E-state index contributed by atoms with van der Waals surface area (Å²) >= 11 is 0. The number of hydrazine groups is 1. The quantitative estimate of drug-likeness (QED) is 0.352. The van der Waals surface area contributed by atoms with Gasteiger partial charge in [-0.05, 0) is 49.7 Å². The molecule has 0 atom stereocenters. The Hall–Kier alpha value is -3.55. The van der Waals surface area contributed by atoms with Crippen LogP contribution in [0.4, 0.5) is 0 Å². The predicted octanol–water partition coefficient (Wildman–Crippen LogP) is 2.88. The fourth-order valence-corrected chi connectivity index (χ4v) is 2.39. The lowest BCUT2D eigenvalue weighted by Crippen LogP contribution is -2.43. The molecule has 0 spiro atoms. The average molecular weight is 414 g/mol. The van der Waals surface area contributed by atoms with Crippen LogP contribution in [0.15, 0.2) is 48.5 Å². The summed E-state index contributed by atoms with van der Waals surface area (Å²) in [7, 11) is 0. The molecule has 2 rings (SSSR count). The molecule has 0 heterocycles. The van der Waals surface area contributed by atoms with Crippen LogP contribution < -0.4 is 20.3 Å². The number of unbranched alkanes of at least 4 members (excludes halogenated alkanes) is 1. The van der Waals surface area contributed by atoms with Gasteiger partial charge < -0.3 is 14.2 Å². The molecule has 0 unspecified atom stereocenters. The number of amides is 2. The molecule has 0 bridgehead atoms. The first-order chi connectivity index (χ1) is 14.5. The van der Waals surface area contributed by atoms with Gasteiger partial charge in [0.25, 0.3) is 11.8 Å². The topological polar surface area (TPSA) is 103 Å². The van der Waals surface area contributed by atoms with Crippen molar-refractivity contribution in [2.24, 2.45) is 0 Å². The standard InChI is InChI=1S/C22H26N2O6/c1-3-5-14-29-19-9-7-6-8-18(19)21(26)24-23-20(25)15-30-17-12-10-16(11-13-17)22(27)28-4-2/h6-13H,3-5,14-15H2,1-2H3,(H,23,25)(H,24,26). The zero-order chi connectivity index (χ0) is 21.8. The largest absolute Gasteiger partial charge is 0.493 e. The molecule has 2 aromatic carbocycles. The summed E-state index contributed by atoms with van der Waals surface area (Å²) in [5.41, 5.74) is 5.36. The molecule has 0 fully saturated rings. The van der Waals surface area contributed by atoms with Gasteiger partial charge in [-0.3, -0.25) is 20.4 Å². The Balaban J connectivity index is 1.81. The second kappa shape index (κ2) is 12.1. The molecule has 0 aliphatic rings. The van der Waals surface area contributed by atoms with Crippen molar-refractivity contribution in [2.75, 3.05) is 19.8 Å². The molecule has 8 heteroatoms. The number of hydrogen-bond donors (Lipinski definition) is 2. The summed E-state index contributed by atoms with van der Waals surface area (Å²) in [4.78, 5) is 35.9. The summed E-state index contributed by atoms with van der Waals surface area (Å²) < 4.78 is 15.9. The van der Waals surface area contributed by atoms with Crippen LogP contribution in [0.1, 0.15) is 47.4 Å². The van der Waals surface area contributed by atoms with Gasteiger partial charge in [-0.25, -0.2) is 4.79 Å². The molecule has 0 aromatic heterocycles. The van der Waals surface area contributed by atoms with Gasteiger partial charge in [0, 0.05) is 0 Å². The second-order valence-corrected chi connectivity index (χ2v) is 6.23. The van der Waals surface area contributed by atoms with Crippen molar-refractivity contribution in [2.45, 2.75) is 26.7 Å². The molecule has 2 amide bonds. The number of benzene rings is 2. The SMILES string of the molecule is CCCCOc1ccccc1C(=O)NNC(=O)COc1ccc(C(=O)OCC)cc1.